The minimum absolute atomic E-state index is 0.119. The average molecular weight is 221 g/mol. The zero-order valence-corrected chi connectivity index (χ0v) is 7.84. The van der Waals surface area contributed by atoms with E-state index in [-0.39, 0.29) is 5.56 Å². The van der Waals surface area contributed by atoms with Gasteiger partial charge in [-0.3, -0.25) is 9.35 Å². The van der Waals surface area contributed by atoms with Crippen molar-refractivity contribution in [2.24, 2.45) is 0 Å². The highest BCUT2D eigenvalue weighted by Gasteiger charge is 2.19. The first-order chi connectivity index (χ1) is 5.91. The number of rotatable bonds is 1. The second kappa shape index (κ2) is 3.45. The van der Waals surface area contributed by atoms with Crippen LogP contribution in [0.25, 0.3) is 0 Å². The van der Waals surface area contributed by atoms with Crippen molar-refractivity contribution >= 4 is 26.8 Å². The maximum Gasteiger partial charge on any atom is 0.333 e. The first-order valence-corrected chi connectivity index (χ1v) is 5.00. The molecule has 0 amide bonds. The van der Waals surface area contributed by atoms with Crippen LogP contribution in [0.4, 0.5) is 0 Å². The van der Waals surface area contributed by atoms with Crippen LogP contribution in [0.3, 0.4) is 0 Å². The van der Waals surface area contributed by atoms with Crippen molar-refractivity contribution < 1.29 is 17.8 Å². The van der Waals surface area contributed by atoms with Crippen molar-refractivity contribution in [3.8, 4) is 0 Å². The molecule has 0 bridgehead atoms. The Morgan fingerprint density at radius 2 is 1.69 bits per heavy atom. The molecule has 1 aromatic rings. The SMILES string of the molecule is O=C(c1ccc(Cl)cc1)S(=O)(=O)O. The van der Waals surface area contributed by atoms with Gasteiger partial charge in [0.1, 0.15) is 0 Å². The lowest BCUT2D eigenvalue weighted by atomic mass is 10.2. The number of hydrogen-bond acceptors (Lipinski definition) is 3. The van der Waals surface area contributed by atoms with Crippen LogP contribution in [0.5, 0.6) is 0 Å². The highest BCUT2D eigenvalue weighted by atomic mass is 35.5. The maximum atomic E-state index is 10.9. The zero-order valence-electron chi connectivity index (χ0n) is 6.27. The van der Waals surface area contributed by atoms with Gasteiger partial charge in [-0.2, -0.15) is 8.42 Å². The molecular weight excluding hydrogens is 216 g/mol. The molecule has 0 saturated carbocycles. The van der Waals surface area contributed by atoms with Crippen molar-refractivity contribution in [2.75, 3.05) is 0 Å². The van der Waals surface area contributed by atoms with Crippen molar-refractivity contribution in [3.05, 3.63) is 34.9 Å². The Bertz CT molecular complexity index is 420. The van der Waals surface area contributed by atoms with Crippen molar-refractivity contribution in [1.29, 1.82) is 0 Å². The molecule has 0 spiro atoms. The summed E-state index contributed by atoms with van der Waals surface area (Å²) in [5.74, 6) is 0. The van der Waals surface area contributed by atoms with E-state index < -0.39 is 15.2 Å². The van der Waals surface area contributed by atoms with Crippen LogP contribution >= 0.6 is 11.6 Å². The highest BCUT2D eigenvalue weighted by Crippen LogP contribution is 2.11. The Morgan fingerprint density at radius 3 is 2.08 bits per heavy atom. The second-order valence-corrected chi connectivity index (χ2v) is 4.03. The summed E-state index contributed by atoms with van der Waals surface area (Å²) >= 11 is 5.51. The van der Waals surface area contributed by atoms with Gasteiger partial charge < -0.3 is 0 Å². The maximum absolute atomic E-state index is 10.9. The summed E-state index contributed by atoms with van der Waals surface area (Å²) in [6, 6.07) is 5.16. The van der Waals surface area contributed by atoms with Crippen LogP contribution in [0.15, 0.2) is 24.3 Å². The standard InChI is InChI=1S/C7H5ClO4S/c8-6-3-1-5(2-4-6)7(9)13(10,11)12/h1-4H,(H,10,11,12). The van der Waals surface area contributed by atoms with E-state index in [1.807, 2.05) is 0 Å². The van der Waals surface area contributed by atoms with Crippen LogP contribution in [0.2, 0.25) is 5.02 Å². The van der Waals surface area contributed by atoms with Gasteiger partial charge in [0, 0.05) is 10.6 Å². The minimum atomic E-state index is -4.65. The highest BCUT2D eigenvalue weighted by molar-refractivity contribution is 8.01. The van der Waals surface area contributed by atoms with Crippen LogP contribution in [-0.2, 0) is 10.1 Å². The van der Waals surface area contributed by atoms with E-state index in [1.54, 1.807) is 0 Å². The third-order valence-corrected chi connectivity index (χ3v) is 2.27. The molecule has 0 aliphatic heterocycles. The van der Waals surface area contributed by atoms with Crippen LogP contribution in [0, 0.1) is 0 Å². The van der Waals surface area contributed by atoms with Gasteiger partial charge in [0.15, 0.2) is 0 Å². The fourth-order valence-corrected chi connectivity index (χ4v) is 1.29. The molecule has 0 heterocycles. The lowest BCUT2D eigenvalue weighted by Crippen LogP contribution is -2.12. The van der Waals surface area contributed by atoms with Gasteiger partial charge in [-0.15, -0.1) is 0 Å². The smallest absolute Gasteiger partial charge is 0.279 e. The molecule has 1 aromatic carbocycles. The molecule has 6 heteroatoms. The Kier molecular flexibility index (Phi) is 2.70. The van der Waals surface area contributed by atoms with E-state index in [9.17, 15) is 13.2 Å². The molecule has 0 aliphatic carbocycles. The third-order valence-electron chi connectivity index (χ3n) is 1.31. The molecule has 0 unspecified atom stereocenters. The molecule has 13 heavy (non-hydrogen) atoms. The zero-order chi connectivity index (χ0) is 10.1. The number of carbonyl (C=O) groups excluding carboxylic acids is 1. The molecule has 1 N–H and O–H groups in total. The van der Waals surface area contributed by atoms with Gasteiger partial charge in [0.25, 0.3) is 0 Å². The quantitative estimate of drug-likeness (QED) is 0.726. The number of carbonyl (C=O) groups is 1. The minimum Gasteiger partial charge on any atom is -0.279 e. The summed E-state index contributed by atoms with van der Waals surface area (Å²) < 4.78 is 29.2. The van der Waals surface area contributed by atoms with Gasteiger partial charge in [-0.25, -0.2) is 0 Å². The Morgan fingerprint density at radius 1 is 1.23 bits per heavy atom. The third kappa shape index (κ3) is 2.51. The van der Waals surface area contributed by atoms with Crippen LogP contribution in [0.1, 0.15) is 10.4 Å². The van der Waals surface area contributed by atoms with Gasteiger partial charge >= 0.3 is 15.2 Å². The number of hydrogen-bond donors (Lipinski definition) is 1. The van der Waals surface area contributed by atoms with Crippen LogP contribution < -0.4 is 0 Å². The molecule has 0 aliphatic rings. The fraction of sp³-hybridized carbons (Fsp3) is 0. The van der Waals surface area contributed by atoms with E-state index >= 15 is 0 Å². The topological polar surface area (TPSA) is 71.4 Å². The first-order valence-electron chi connectivity index (χ1n) is 3.18. The summed E-state index contributed by atoms with van der Waals surface area (Å²) in [6.07, 6.45) is 0. The monoisotopic (exact) mass is 220 g/mol. The summed E-state index contributed by atoms with van der Waals surface area (Å²) in [5.41, 5.74) is -0.119. The first kappa shape index (κ1) is 10.2. The number of halogens is 1. The van der Waals surface area contributed by atoms with E-state index in [4.69, 9.17) is 16.2 Å². The van der Waals surface area contributed by atoms with Crippen molar-refractivity contribution in [1.82, 2.24) is 0 Å². The fourth-order valence-electron chi connectivity index (χ4n) is 0.735. The van der Waals surface area contributed by atoms with Gasteiger partial charge in [0.2, 0.25) is 0 Å². The van der Waals surface area contributed by atoms with Crippen LogP contribution in [-0.4, -0.2) is 18.1 Å². The summed E-state index contributed by atoms with van der Waals surface area (Å²) in [4.78, 5) is 10.9. The molecule has 70 valence electrons. The second-order valence-electron chi connectivity index (χ2n) is 2.27. The molecule has 0 saturated heterocycles. The summed E-state index contributed by atoms with van der Waals surface area (Å²) in [7, 11) is -4.65. The van der Waals surface area contributed by atoms with E-state index in [0.717, 1.165) is 0 Å². The normalized spacial score (nSPS) is 11.2. The predicted molar refractivity (Wildman–Crippen MR) is 47.3 cm³/mol. The lowest BCUT2D eigenvalue weighted by Gasteiger charge is -1.96. The molecule has 0 fully saturated rings. The van der Waals surface area contributed by atoms with Gasteiger partial charge in [0.05, 0.1) is 0 Å². The Hall–Kier alpha value is -0.910. The molecule has 0 atom stereocenters. The van der Waals surface area contributed by atoms with Crippen molar-refractivity contribution in [3.63, 3.8) is 0 Å². The molecule has 0 aromatic heterocycles. The molecular formula is C7H5ClO4S. The molecule has 1 rings (SSSR count). The number of benzene rings is 1. The Labute approximate surface area is 79.9 Å². The van der Waals surface area contributed by atoms with Gasteiger partial charge in [-0.05, 0) is 24.3 Å². The lowest BCUT2D eigenvalue weighted by molar-refractivity contribution is 0.106. The van der Waals surface area contributed by atoms with E-state index in [1.165, 1.54) is 24.3 Å². The molecule has 0 radical (unpaired) electrons. The average Bonchev–Trinajstić information content (AvgIpc) is 2.03. The van der Waals surface area contributed by atoms with E-state index in [0.29, 0.717) is 5.02 Å². The van der Waals surface area contributed by atoms with E-state index in [2.05, 4.69) is 0 Å². The largest absolute Gasteiger partial charge is 0.333 e. The Balaban J connectivity index is 3.12. The predicted octanol–water partition coefficient (Wildman–Crippen LogP) is 1.37. The molecule has 4 nitrogen and oxygen atoms in total. The van der Waals surface area contributed by atoms with Crippen molar-refractivity contribution in [2.45, 2.75) is 0 Å². The van der Waals surface area contributed by atoms with Gasteiger partial charge in [-0.1, -0.05) is 11.6 Å². The summed E-state index contributed by atoms with van der Waals surface area (Å²) in [5, 5.41) is -0.948. The summed E-state index contributed by atoms with van der Waals surface area (Å²) in [6.45, 7) is 0.